The van der Waals surface area contributed by atoms with Crippen LogP contribution in [0.25, 0.3) is 6.08 Å². The summed E-state index contributed by atoms with van der Waals surface area (Å²) < 4.78 is 39.1. The van der Waals surface area contributed by atoms with Gasteiger partial charge in [0.05, 0.1) is 16.1 Å². The smallest absolute Gasteiger partial charge is 0.231 e. The molecule has 5 rings (SSSR count). The third kappa shape index (κ3) is 3.87. The Morgan fingerprint density at radius 1 is 1.06 bits per heavy atom. The van der Waals surface area contributed by atoms with Gasteiger partial charge in [-0.1, -0.05) is 29.8 Å². The monoisotopic (exact) mass is 453 g/mol. The number of halogens is 3. The number of benzene rings is 3. The largest absolute Gasteiger partial charge is 0.478 e. The molecular formula is C25H18ClF2NO3. The minimum Gasteiger partial charge on any atom is -0.478 e. The SMILES string of the molecule is O=C1/C(=C/c2c(F)cccc2Cl)Oc2c1ccc1c2CN(CCc2ccc(F)cc2)CO1. The predicted octanol–water partition coefficient (Wildman–Crippen LogP) is 5.63. The summed E-state index contributed by atoms with van der Waals surface area (Å²) in [6, 6.07) is 14.2. The average molecular weight is 454 g/mol. The molecular weight excluding hydrogens is 436 g/mol. The van der Waals surface area contributed by atoms with Crippen molar-refractivity contribution in [2.24, 2.45) is 0 Å². The molecule has 3 aromatic rings. The first-order valence-corrected chi connectivity index (χ1v) is 10.5. The van der Waals surface area contributed by atoms with Gasteiger partial charge < -0.3 is 9.47 Å². The van der Waals surface area contributed by atoms with Crippen LogP contribution in [0.2, 0.25) is 5.02 Å². The van der Waals surface area contributed by atoms with Crippen molar-refractivity contribution in [3.63, 3.8) is 0 Å². The van der Waals surface area contributed by atoms with Crippen molar-refractivity contribution in [2.45, 2.75) is 13.0 Å². The Morgan fingerprint density at radius 2 is 1.88 bits per heavy atom. The van der Waals surface area contributed by atoms with E-state index in [2.05, 4.69) is 4.90 Å². The first-order chi connectivity index (χ1) is 15.5. The van der Waals surface area contributed by atoms with Crippen LogP contribution in [0.15, 0.2) is 60.4 Å². The van der Waals surface area contributed by atoms with E-state index in [1.165, 1.54) is 30.3 Å². The normalized spacial score (nSPS) is 16.5. The molecule has 2 aliphatic heterocycles. The zero-order valence-corrected chi connectivity index (χ0v) is 17.7. The molecule has 0 saturated heterocycles. The maximum atomic E-state index is 14.2. The minimum absolute atomic E-state index is 0.0174. The molecule has 162 valence electrons. The summed E-state index contributed by atoms with van der Waals surface area (Å²) in [6.45, 7) is 1.62. The standard InChI is InChI=1S/C25H18ClF2NO3/c26-20-2-1-3-21(28)18(20)12-23-24(30)17-8-9-22-19(25(17)32-23)13-29(14-31-22)11-10-15-4-6-16(27)7-5-15/h1-9,12H,10-11,13-14H2/b23-12-. The van der Waals surface area contributed by atoms with Gasteiger partial charge in [-0.3, -0.25) is 9.69 Å². The van der Waals surface area contributed by atoms with Crippen LogP contribution in [0.1, 0.15) is 27.0 Å². The maximum Gasteiger partial charge on any atom is 0.231 e. The van der Waals surface area contributed by atoms with Crippen molar-refractivity contribution in [3.8, 4) is 11.5 Å². The van der Waals surface area contributed by atoms with Crippen LogP contribution in [0.3, 0.4) is 0 Å². The van der Waals surface area contributed by atoms with Gasteiger partial charge in [0.2, 0.25) is 5.78 Å². The van der Waals surface area contributed by atoms with Crippen molar-refractivity contribution in [2.75, 3.05) is 13.3 Å². The van der Waals surface area contributed by atoms with E-state index < -0.39 is 5.82 Å². The van der Waals surface area contributed by atoms with Crippen LogP contribution in [0.4, 0.5) is 8.78 Å². The third-order valence-electron chi connectivity index (χ3n) is 5.59. The van der Waals surface area contributed by atoms with Gasteiger partial charge in [0, 0.05) is 18.7 Å². The number of rotatable bonds is 4. The molecule has 2 heterocycles. The fraction of sp³-hybridized carbons (Fsp3) is 0.160. The van der Waals surface area contributed by atoms with E-state index in [4.69, 9.17) is 21.1 Å². The summed E-state index contributed by atoms with van der Waals surface area (Å²) in [5.41, 5.74) is 2.31. The summed E-state index contributed by atoms with van der Waals surface area (Å²) in [6.07, 6.45) is 2.06. The van der Waals surface area contributed by atoms with Crippen molar-refractivity contribution in [1.82, 2.24) is 4.90 Å². The Labute approximate surface area is 188 Å². The number of nitrogens with zero attached hydrogens (tertiary/aromatic N) is 1. The van der Waals surface area contributed by atoms with E-state index in [0.29, 0.717) is 36.9 Å². The second-order valence-electron chi connectivity index (χ2n) is 7.70. The van der Waals surface area contributed by atoms with E-state index in [9.17, 15) is 13.6 Å². The fourth-order valence-corrected chi connectivity index (χ4v) is 4.08. The van der Waals surface area contributed by atoms with E-state index in [1.54, 1.807) is 30.3 Å². The molecule has 0 aliphatic carbocycles. The van der Waals surface area contributed by atoms with Crippen LogP contribution in [-0.4, -0.2) is 24.0 Å². The van der Waals surface area contributed by atoms with Crippen LogP contribution in [0.5, 0.6) is 11.5 Å². The number of ketones is 1. The highest BCUT2D eigenvalue weighted by Crippen LogP contribution is 2.42. The summed E-state index contributed by atoms with van der Waals surface area (Å²) in [5.74, 6) is -0.0246. The second-order valence-corrected chi connectivity index (χ2v) is 8.10. The van der Waals surface area contributed by atoms with Gasteiger partial charge in [0.1, 0.15) is 29.9 Å². The molecule has 3 aromatic carbocycles. The number of hydrogen-bond donors (Lipinski definition) is 0. The average Bonchev–Trinajstić information content (AvgIpc) is 3.11. The molecule has 0 unspecified atom stereocenters. The van der Waals surface area contributed by atoms with Gasteiger partial charge in [-0.15, -0.1) is 0 Å². The molecule has 0 saturated carbocycles. The predicted molar refractivity (Wildman–Crippen MR) is 117 cm³/mol. The highest BCUT2D eigenvalue weighted by Gasteiger charge is 2.33. The molecule has 0 spiro atoms. The summed E-state index contributed by atoms with van der Waals surface area (Å²) in [7, 11) is 0. The number of fused-ring (bicyclic) bond motifs is 3. The van der Waals surface area contributed by atoms with Crippen LogP contribution < -0.4 is 9.47 Å². The van der Waals surface area contributed by atoms with E-state index in [0.717, 1.165) is 17.5 Å². The quantitative estimate of drug-likeness (QED) is 0.480. The molecule has 0 amide bonds. The van der Waals surface area contributed by atoms with Crippen LogP contribution in [-0.2, 0) is 13.0 Å². The highest BCUT2D eigenvalue weighted by molar-refractivity contribution is 6.32. The number of hydrogen-bond acceptors (Lipinski definition) is 4. The lowest BCUT2D eigenvalue weighted by atomic mass is 10.0. The molecule has 0 N–H and O–H groups in total. The van der Waals surface area contributed by atoms with Crippen LogP contribution >= 0.6 is 11.6 Å². The van der Waals surface area contributed by atoms with E-state index >= 15 is 0 Å². The third-order valence-corrected chi connectivity index (χ3v) is 5.92. The van der Waals surface area contributed by atoms with Crippen molar-refractivity contribution in [1.29, 1.82) is 0 Å². The molecule has 0 radical (unpaired) electrons. The number of carbonyl (C=O) groups is 1. The molecule has 0 bridgehead atoms. The summed E-state index contributed by atoms with van der Waals surface area (Å²) >= 11 is 6.10. The van der Waals surface area contributed by atoms with Gasteiger partial charge >= 0.3 is 0 Å². The molecule has 32 heavy (non-hydrogen) atoms. The van der Waals surface area contributed by atoms with Crippen LogP contribution in [0, 0.1) is 11.6 Å². The summed E-state index contributed by atoms with van der Waals surface area (Å²) in [4.78, 5) is 15.0. The zero-order chi connectivity index (χ0) is 22.2. The number of Topliss-reactive ketones (excluding diaryl/α,β-unsaturated/α-hetero) is 1. The first kappa shape index (κ1) is 20.7. The molecule has 0 aromatic heterocycles. The lowest BCUT2D eigenvalue weighted by molar-refractivity contribution is 0.0949. The topological polar surface area (TPSA) is 38.8 Å². The fourth-order valence-electron chi connectivity index (χ4n) is 3.87. The molecule has 2 aliphatic rings. The molecule has 0 fully saturated rings. The Morgan fingerprint density at radius 3 is 2.66 bits per heavy atom. The van der Waals surface area contributed by atoms with Gasteiger partial charge in [0.25, 0.3) is 0 Å². The van der Waals surface area contributed by atoms with Crippen molar-refractivity contribution >= 4 is 23.5 Å². The number of carbonyl (C=O) groups excluding carboxylic acids is 1. The second kappa shape index (κ2) is 8.37. The Bertz CT molecular complexity index is 1220. The lowest BCUT2D eigenvalue weighted by Gasteiger charge is -2.29. The first-order valence-electron chi connectivity index (χ1n) is 10.1. The lowest BCUT2D eigenvalue weighted by Crippen LogP contribution is -2.33. The van der Waals surface area contributed by atoms with E-state index in [1.807, 2.05) is 0 Å². The number of allylic oxidation sites excluding steroid dienone is 1. The Hall–Kier alpha value is -3.22. The van der Waals surface area contributed by atoms with Crippen molar-refractivity contribution < 1.29 is 23.0 Å². The van der Waals surface area contributed by atoms with Gasteiger partial charge in [-0.25, -0.2) is 8.78 Å². The molecule has 4 nitrogen and oxygen atoms in total. The Kier molecular flexibility index (Phi) is 5.41. The summed E-state index contributed by atoms with van der Waals surface area (Å²) in [5, 5.41) is 0.196. The minimum atomic E-state index is -0.533. The van der Waals surface area contributed by atoms with Crippen molar-refractivity contribution in [3.05, 3.63) is 99.3 Å². The Balaban J connectivity index is 1.38. The van der Waals surface area contributed by atoms with Gasteiger partial charge in [-0.05, 0) is 54.5 Å². The van der Waals surface area contributed by atoms with Gasteiger partial charge in [0.15, 0.2) is 5.76 Å². The highest BCUT2D eigenvalue weighted by atomic mass is 35.5. The molecule has 7 heteroatoms. The maximum absolute atomic E-state index is 14.2. The number of ether oxygens (including phenoxy) is 2. The molecule has 0 atom stereocenters. The zero-order valence-electron chi connectivity index (χ0n) is 16.9. The van der Waals surface area contributed by atoms with Gasteiger partial charge in [-0.2, -0.15) is 0 Å². The van der Waals surface area contributed by atoms with E-state index in [-0.39, 0.29) is 27.9 Å².